The van der Waals surface area contributed by atoms with Crippen molar-refractivity contribution in [2.75, 3.05) is 5.73 Å². The first-order valence-corrected chi connectivity index (χ1v) is 8.56. The lowest BCUT2D eigenvalue weighted by Crippen LogP contribution is -2.04. The Morgan fingerprint density at radius 2 is 2.07 bits per heavy atom. The number of rotatable bonds is 4. The maximum atomic E-state index is 11.0. The molecule has 0 aliphatic rings. The summed E-state index contributed by atoms with van der Waals surface area (Å²) in [5.74, 6) is 0.0540. The Balaban J connectivity index is 1.78. The third kappa shape index (κ3) is 3.32. The van der Waals surface area contributed by atoms with Gasteiger partial charge in [0.1, 0.15) is 23.0 Å². The number of nitrogens with two attached hydrogens (primary N) is 1. The highest BCUT2D eigenvalue weighted by molar-refractivity contribution is 5.87. The van der Waals surface area contributed by atoms with Crippen LogP contribution in [0.2, 0.25) is 0 Å². The number of benzene rings is 1. The van der Waals surface area contributed by atoms with Crippen LogP contribution >= 0.6 is 0 Å². The molecule has 10 heteroatoms. The summed E-state index contributed by atoms with van der Waals surface area (Å²) in [6.07, 6.45) is 1.60. The van der Waals surface area contributed by atoms with Crippen molar-refractivity contribution in [1.82, 2.24) is 24.5 Å². The van der Waals surface area contributed by atoms with Crippen molar-refractivity contribution >= 4 is 22.8 Å². The molecule has 3 aromatic heterocycles. The van der Waals surface area contributed by atoms with Gasteiger partial charge in [0.05, 0.1) is 23.5 Å². The van der Waals surface area contributed by atoms with E-state index >= 15 is 0 Å². The normalized spacial score (nSPS) is 10.8. The largest absolute Gasteiger partial charge is 0.368 e. The minimum Gasteiger partial charge on any atom is -0.368 e. The van der Waals surface area contributed by atoms with E-state index < -0.39 is 4.92 Å². The number of aromatic nitrogens is 5. The van der Waals surface area contributed by atoms with Gasteiger partial charge in [-0.3, -0.25) is 10.1 Å². The second-order valence-corrected chi connectivity index (χ2v) is 6.37. The predicted molar refractivity (Wildman–Crippen MR) is 105 cm³/mol. The van der Waals surface area contributed by atoms with Gasteiger partial charge in [-0.25, -0.2) is 15.0 Å². The molecule has 0 aliphatic heterocycles. The second-order valence-electron chi connectivity index (χ2n) is 6.37. The van der Waals surface area contributed by atoms with Gasteiger partial charge in [-0.15, -0.1) is 0 Å². The quantitative estimate of drug-likeness (QED) is 0.415. The average molecular weight is 386 g/mol. The summed E-state index contributed by atoms with van der Waals surface area (Å²) in [6, 6.07) is 12.0. The third-order valence-electron chi connectivity index (χ3n) is 4.40. The highest BCUT2D eigenvalue weighted by atomic mass is 16.6. The monoisotopic (exact) mass is 386 g/mol. The fourth-order valence-corrected chi connectivity index (χ4v) is 3.10. The van der Waals surface area contributed by atoms with Gasteiger partial charge in [0, 0.05) is 11.6 Å². The van der Waals surface area contributed by atoms with Crippen molar-refractivity contribution in [3.8, 4) is 17.5 Å². The van der Waals surface area contributed by atoms with Crippen LogP contribution in [0, 0.1) is 28.4 Å². The molecule has 4 aromatic rings. The van der Waals surface area contributed by atoms with E-state index in [4.69, 9.17) is 11.0 Å². The number of aryl methyl sites for hydroxylation is 1. The molecular formula is C19H14N8O2. The number of nitrogens with zero attached hydrogens (tertiary/aromatic N) is 7. The first-order valence-electron chi connectivity index (χ1n) is 8.56. The smallest absolute Gasteiger partial charge is 0.272 e. The molecule has 0 unspecified atom stereocenters. The van der Waals surface area contributed by atoms with Crippen LogP contribution in [-0.4, -0.2) is 29.4 Å². The average Bonchev–Trinajstić information content (AvgIpc) is 3.09. The molecule has 0 atom stereocenters. The maximum absolute atomic E-state index is 11.0. The van der Waals surface area contributed by atoms with E-state index in [9.17, 15) is 10.1 Å². The van der Waals surface area contributed by atoms with Gasteiger partial charge in [0.15, 0.2) is 5.65 Å². The number of nitro groups is 1. The molecule has 0 saturated carbocycles. The molecule has 0 fully saturated rings. The van der Waals surface area contributed by atoms with Crippen LogP contribution in [0.3, 0.4) is 0 Å². The van der Waals surface area contributed by atoms with Crippen molar-refractivity contribution in [1.29, 1.82) is 5.26 Å². The molecule has 2 N–H and O–H groups in total. The van der Waals surface area contributed by atoms with E-state index in [1.165, 1.54) is 6.07 Å². The highest BCUT2D eigenvalue weighted by Gasteiger charge is 2.16. The van der Waals surface area contributed by atoms with Gasteiger partial charge in [-0.1, -0.05) is 12.1 Å². The molecule has 4 rings (SSSR count). The van der Waals surface area contributed by atoms with E-state index in [1.807, 2.05) is 6.07 Å². The lowest BCUT2D eigenvalue weighted by atomic mass is 10.1. The minimum absolute atomic E-state index is 0.0540. The summed E-state index contributed by atoms with van der Waals surface area (Å²) in [5, 5.41) is 20.1. The van der Waals surface area contributed by atoms with Gasteiger partial charge in [0.25, 0.3) is 5.69 Å². The Kier molecular flexibility index (Phi) is 4.33. The van der Waals surface area contributed by atoms with Crippen LogP contribution < -0.4 is 5.73 Å². The first kappa shape index (κ1) is 18.0. The Bertz CT molecular complexity index is 1310. The Morgan fingerprint density at radius 3 is 2.79 bits per heavy atom. The Morgan fingerprint density at radius 1 is 1.24 bits per heavy atom. The van der Waals surface area contributed by atoms with Gasteiger partial charge in [0.2, 0.25) is 5.95 Å². The number of imidazole rings is 1. The lowest BCUT2D eigenvalue weighted by Gasteiger charge is -2.07. The second kappa shape index (κ2) is 6.97. The molecule has 0 saturated heterocycles. The lowest BCUT2D eigenvalue weighted by molar-refractivity contribution is -0.385. The third-order valence-corrected chi connectivity index (χ3v) is 4.40. The number of anilines is 1. The number of hydrogen-bond acceptors (Lipinski definition) is 8. The Labute approximate surface area is 164 Å². The predicted octanol–water partition coefficient (Wildman–Crippen LogP) is 2.61. The topological polar surface area (TPSA) is 149 Å². The van der Waals surface area contributed by atoms with E-state index in [-0.39, 0.29) is 17.3 Å². The van der Waals surface area contributed by atoms with Gasteiger partial charge in [-0.2, -0.15) is 10.2 Å². The van der Waals surface area contributed by atoms with Gasteiger partial charge < -0.3 is 10.3 Å². The minimum atomic E-state index is -0.408. The summed E-state index contributed by atoms with van der Waals surface area (Å²) >= 11 is 0. The zero-order valence-electron chi connectivity index (χ0n) is 15.3. The molecule has 1 aromatic carbocycles. The fraction of sp³-hybridized carbons (Fsp3) is 0.105. The summed E-state index contributed by atoms with van der Waals surface area (Å²) < 4.78 is 1.78. The van der Waals surface area contributed by atoms with Crippen molar-refractivity contribution in [3.63, 3.8) is 0 Å². The summed E-state index contributed by atoms with van der Waals surface area (Å²) in [5.41, 5.74) is 9.57. The molecule has 0 aliphatic carbocycles. The zero-order valence-corrected chi connectivity index (χ0v) is 15.3. The SMILES string of the molecule is Cc1cc(Cn2cnc3c(-c4cccc(C#N)n4)nc(N)nc32)ccc1[N+](=O)[O-]. The van der Waals surface area contributed by atoms with Crippen LogP contribution in [0.1, 0.15) is 16.8 Å². The molecule has 142 valence electrons. The number of pyridine rings is 1. The summed E-state index contributed by atoms with van der Waals surface area (Å²) in [4.78, 5) is 27.8. The standard InChI is InChI=1S/C19H14N8O2/c1-11-7-12(5-6-15(11)27(28)29)9-26-10-22-17-16(24-19(21)25-18(17)26)14-4-2-3-13(8-20)23-14/h2-7,10H,9H2,1H3,(H2,21,24,25). The van der Waals surface area contributed by atoms with E-state index in [2.05, 4.69) is 19.9 Å². The number of nitrogen functional groups attached to an aromatic ring is 1. The first-order chi connectivity index (χ1) is 14.0. The zero-order chi connectivity index (χ0) is 20.5. The Hall–Kier alpha value is -4.39. The molecule has 0 radical (unpaired) electrons. The molecule has 0 bridgehead atoms. The summed E-state index contributed by atoms with van der Waals surface area (Å²) in [7, 11) is 0. The van der Waals surface area contributed by atoms with Crippen molar-refractivity contribution < 1.29 is 4.92 Å². The molecule has 0 amide bonds. The molecular weight excluding hydrogens is 372 g/mol. The fourth-order valence-electron chi connectivity index (χ4n) is 3.10. The number of nitro benzene ring substituents is 1. The van der Waals surface area contributed by atoms with Gasteiger partial charge in [-0.05, 0) is 30.7 Å². The van der Waals surface area contributed by atoms with Crippen LogP contribution in [0.25, 0.3) is 22.6 Å². The van der Waals surface area contributed by atoms with E-state index in [1.54, 1.807) is 48.1 Å². The number of nitriles is 1. The molecule has 29 heavy (non-hydrogen) atoms. The number of fused-ring (bicyclic) bond motifs is 1. The van der Waals surface area contributed by atoms with Crippen molar-refractivity contribution in [3.05, 3.63) is 69.7 Å². The van der Waals surface area contributed by atoms with Crippen LogP contribution in [0.5, 0.6) is 0 Å². The van der Waals surface area contributed by atoms with Crippen LogP contribution in [0.15, 0.2) is 42.7 Å². The van der Waals surface area contributed by atoms with Crippen LogP contribution in [-0.2, 0) is 6.54 Å². The summed E-state index contributed by atoms with van der Waals surface area (Å²) in [6.45, 7) is 2.09. The molecule has 0 spiro atoms. The highest BCUT2D eigenvalue weighted by Crippen LogP contribution is 2.26. The van der Waals surface area contributed by atoms with Gasteiger partial charge >= 0.3 is 0 Å². The molecule has 10 nitrogen and oxygen atoms in total. The van der Waals surface area contributed by atoms with Crippen LogP contribution in [0.4, 0.5) is 11.6 Å². The maximum Gasteiger partial charge on any atom is 0.272 e. The molecule has 3 heterocycles. The van der Waals surface area contributed by atoms with Crippen molar-refractivity contribution in [2.45, 2.75) is 13.5 Å². The van der Waals surface area contributed by atoms with Crippen molar-refractivity contribution in [2.24, 2.45) is 0 Å². The van der Waals surface area contributed by atoms with E-state index in [0.717, 1.165) is 5.56 Å². The number of hydrogen-bond donors (Lipinski definition) is 1. The van der Waals surface area contributed by atoms with E-state index in [0.29, 0.717) is 34.7 Å².